The van der Waals surface area contributed by atoms with Crippen molar-refractivity contribution in [3.63, 3.8) is 0 Å². The molecule has 6 nitrogen and oxygen atoms in total. The van der Waals surface area contributed by atoms with Gasteiger partial charge in [-0.1, -0.05) is 30.3 Å². The van der Waals surface area contributed by atoms with Gasteiger partial charge in [-0.2, -0.15) is 13.2 Å². The summed E-state index contributed by atoms with van der Waals surface area (Å²) in [6, 6.07) is 16.2. The molecular weight excluding hydrogens is 445 g/mol. The predicted octanol–water partition coefficient (Wildman–Crippen LogP) is 5.03. The van der Waals surface area contributed by atoms with Crippen molar-refractivity contribution in [1.29, 1.82) is 0 Å². The topological polar surface area (TPSA) is 57.7 Å². The summed E-state index contributed by atoms with van der Waals surface area (Å²) in [5.74, 6) is 0.518. The van der Waals surface area contributed by atoms with Crippen molar-refractivity contribution >= 4 is 11.7 Å². The Balaban J connectivity index is 1.29. The molecule has 1 aliphatic rings. The lowest BCUT2D eigenvalue weighted by Crippen LogP contribution is -2.49. The van der Waals surface area contributed by atoms with Crippen molar-refractivity contribution in [3.8, 4) is 5.75 Å². The number of hydrogen-bond donors (Lipinski definition) is 1. The van der Waals surface area contributed by atoms with Gasteiger partial charge in [0.05, 0.1) is 17.4 Å². The van der Waals surface area contributed by atoms with Gasteiger partial charge in [-0.05, 0) is 35.9 Å². The minimum Gasteiger partial charge on any atom is -0.489 e. The second-order valence-corrected chi connectivity index (χ2v) is 8.03. The Morgan fingerprint density at radius 1 is 1.00 bits per heavy atom. The van der Waals surface area contributed by atoms with Crippen LogP contribution in [0.25, 0.3) is 0 Å². The second kappa shape index (κ2) is 10.6. The molecule has 0 bridgehead atoms. The number of urea groups is 1. The largest absolute Gasteiger partial charge is 0.489 e. The maximum absolute atomic E-state index is 13.2. The molecule has 0 unspecified atom stereocenters. The van der Waals surface area contributed by atoms with Crippen LogP contribution in [0.3, 0.4) is 0 Å². The third-order valence-electron chi connectivity index (χ3n) is 5.59. The first-order valence-electron chi connectivity index (χ1n) is 10.9. The van der Waals surface area contributed by atoms with E-state index in [1.165, 1.54) is 12.1 Å². The lowest BCUT2D eigenvalue weighted by Gasteiger charge is -2.34. The summed E-state index contributed by atoms with van der Waals surface area (Å²) in [4.78, 5) is 20.4. The van der Waals surface area contributed by atoms with Gasteiger partial charge >= 0.3 is 12.2 Å². The second-order valence-electron chi connectivity index (χ2n) is 8.03. The number of carbonyl (C=O) groups excluding carboxylic acids is 1. The number of alkyl halides is 3. The SMILES string of the molecule is O=C(Nc1cccnc1)N1CCN(Cc2cccc(OCc3ccccc3C(F)(F)F)c2)CC1. The fourth-order valence-electron chi connectivity index (χ4n) is 3.82. The number of aromatic nitrogens is 1. The van der Waals surface area contributed by atoms with Gasteiger partial charge in [-0.3, -0.25) is 9.88 Å². The van der Waals surface area contributed by atoms with Gasteiger partial charge in [0.25, 0.3) is 0 Å². The summed E-state index contributed by atoms with van der Waals surface area (Å²) in [5.41, 5.74) is 1.07. The van der Waals surface area contributed by atoms with E-state index in [-0.39, 0.29) is 18.2 Å². The van der Waals surface area contributed by atoms with Gasteiger partial charge in [0.1, 0.15) is 12.4 Å². The number of anilines is 1. The quantitative estimate of drug-likeness (QED) is 0.549. The van der Waals surface area contributed by atoms with Crippen LogP contribution < -0.4 is 10.1 Å². The number of carbonyl (C=O) groups is 1. The standard InChI is InChI=1S/C25H25F3N4O2/c26-25(27,28)23-9-2-1-6-20(23)18-34-22-8-3-5-19(15-22)17-31-11-13-32(14-12-31)24(33)30-21-7-4-10-29-16-21/h1-10,15-16H,11-14,17-18H2,(H,30,33). The van der Waals surface area contributed by atoms with E-state index in [4.69, 9.17) is 4.74 Å². The van der Waals surface area contributed by atoms with Crippen LogP contribution in [-0.4, -0.2) is 47.0 Å². The summed E-state index contributed by atoms with van der Waals surface area (Å²) >= 11 is 0. The summed E-state index contributed by atoms with van der Waals surface area (Å²) in [5, 5.41) is 2.84. The third kappa shape index (κ3) is 6.26. The van der Waals surface area contributed by atoms with Crippen molar-refractivity contribution in [2.75, 3.05) is 31.5 Å². The van der Waals surface area contributed by atoms with E-state index in [1.54, 1.807) is 41.6 Å². The molecule has 9 heteroatoms. The molecule has 1 saturated heterocycles. The Kier molecular flexibility index (Phi) is 7.32. The minimum absolute atomic E-state index is 0.0982. The van der Waals surface area contributed by atoms with Crippen LogP contribution in [0.5, 0.6) is 5.75 Å². The van der Waals surface area contributed by atoms with Crippen molar-refractivity contribution in [2.24, 2.45) is 0 Å². The third-order valence-corrected chi connectivity index (χ3v) is 5.59. The number of halogens is 3. The Bertz CT molecular complexity index is 1100. The molecular formula is C25H25F3N4O2. The van der Waals surface area contributed by atoms with E-state index in [0.717, 1.165) is 11.6 Å². The number of rotatable bonds is 6. The molecule has 1 aromatic heterocycles. The van der Waals surface area contributed by atoms with Gasteiger partial charge in [0, 0.05) is 44.5 Å². The number of hydrogen-bond acceptors (Lipinski definition) is 4. The first kappa shape index (κ1) is 23.6. The molecule has 1 fully saturated rings. The fraction of sp³-hybridized carbons (Fsp3) is 0.280. The van der Waals surface area contributed by atoms with Gasteiger partial charge < -0.3 is 15.0 Å². The highest BCUT2D eigenvalue weighted by molar-refractivity contribution is 5.89. The van der Waals surface area contributed by atoms with E-state index in [2.05, 4.69) is 15.2 Å². The van der Waals surface area contributed by atoms with E-state index < -0.39 is 11.7 Å². The molecule has 0 aliphatic carbocycles. The Labute approximate surface area is 196 Å². The monoisotopic (exact) mass is 470 g/mol. The molecule has 0 radical (unpaired) electrons. The number of ether oxygens (including phenoxy) is 1. The van der Waals surface area contributed by atoms with Crippen molar-refractivity contribution < 1.29 is 22.7 Å². The molecule has 178 valence electrons. The highest BCUT2D eigenvalue weighted by atomic mass is 19.4. The molecule has 0 saturated carbocycles. The molecule has 1 aliphatic heterocycles. The highest BCUT2D eigenvalue weighted by Gasteiger charge is 2.33. The van der Waals surface area contributed by atoms with Crippen LogP contribution in [0.15, 0.2) is 73.1 Å². The first-order valence-corrected chi connectivity index (χ1v) is 10.9. The van der Waals surface area contributed by atoms with Crippen LogP contribution in [0.2, 0.25) is 0 Å². The van der Waals surface area contributed by atoms with Crippen molar-refractivity contribution in [2.45, 2.75) is 19.3 Å². The molecule has 4 rings (SSSR count). The smallest absolute Gasteiger partial charge is 0.416 e. The number of benzene rings is 2. The zero-order chi connectivity index (χ0) is 24.0. The lowest BCUT2D eigenvalue weighted by atomic mass is 10.1. The molecule has 0 atom stereocenters. The predicted molar refractivity (Wildman–Crippen MR) is 122 cm³/mol. The lowest BCUT2D eigenvalue weighted by molar-refractivity contribution is -0.138. The van der Waals surface area contributed by atoms with Crippen LogP contribution in [0.1, 0.15) is 16.7 Å². The number of nitrogens with zero attached hydrogens (tertiary/aromatic N) is 3. The maximum atomic E-state index is 13.2. The maximum Gasteiger partial charge on any atom is 0.416 e. The van der Waals surface area contributed by atoms with E-state index in [0.29, 0.717) is 44.2 Å². The van der Waals surface area contributed by atoms with Crippen LogP contribution in [-0.2, 0) is 19.3 Å². The normalized spacial score (nSPS) is 14.6. The molecule has 1 N–H and O–H groups in total. The van der Waals surface area contributed by atoms with E-state index in [1.807, 2.05) is 18.2 Å². The molecule has 2 aromatic carbocycles. The zero-order valence-electron chi connectivity index (χ0n) is 18.5. The minimum atomic E-state index is -4.42. The number of piperazine rings is 1. The number of pyridine rings is 1. The van der Waals surface area contributed by atoms with Gasteiger partial charge in [-0.15, -0.1) is 0 Å². The van der Waals surface area contributed by atoms with Crippen LogP contribution >= 0.6 is 0 Å². The average Bonchev–Trinajstić information content (AvgIpc) is 2.84. The van der Waals surface area contributed by atoms with Gasteiger partial charge in [0.15, 0.2) is 0 Å². The summed E-state index contributed by atoms with van der Waals surface area (Å²) in [6.45, 7) is 3.11. The highest BCUT2D eigenvalue weighted by Crippen LogP contribution is 2.32. The van der Waals surface area contributed by atoms with Gasteiger partial charge in [-0.25, -0.2) is 4.79 Å². The fourth-order valence-corrected chi connectivity index (χ4v) is 3.82. The van der Waals surface area contributed by atoms with Crippen LogP contribution in [0.4, 0.5) is 23.7 Å². The number of amides is 2. The van der Waals surface area contributed by atoms with Crippen molar-refractivity contribution in [3.05, 3.63) is 89.7 Å². The number of nitrogens with one attached hydrogen (secondary N) is 1. The summed E-state index contributed by atoms with van der Waals surface area (Å²) in [6.07, 6.45) is -1.17. The molecule has 3 aromatic rings. The molecule has 0 spiro atoms. The van der Waals surface area contributed by atoms with Crippen molar-refractivity contribution in [1.82, 2.24) is 14.8 Å². The Morgan fingerprint density at radius 3 is 2.53 bits per heavy atom. The van der Waals surface area contributed by atoms with Crippen LogP contribution in [0, 0.1) is 0 Å². The van der Waals surface area contributed by atoms with E-state index in [9.17, 15) is 18.0 Å². The Hall–Kier alpha value is -3.59. The zero-order valence-corrected chi connectivity index (χ0v) is 18.5. The summed E-state index contributed by atoms with van der Waals surface area (Å²) in [7, 11) is 0. The Morgan fingerprint density at radius 2 is 1.79 bits per heavy atom. The first-order chi connectivity index (χ1) is 16.4. The molecule has 2 amide bonds. The molecule has 34 heavy (non-hydrogen) atoms. The van der Waals surface area contributed by atoms with Gasteiger partial charge in [0.2, 0.25) is 0 Å². The summed E-state index contributed by atoms with van der Waals surface area (Å²) < 4.78 is 45.3. The average molecular weight is 470 g/mol. The molecule has 2 heterocycles. The van der Waals surface area contributed by atoms with E-state index >= 15 is 0 Å².